The van der Waals surface area contributed by atoms with Crippen LogP contribution >= 0.6 is 11.6 Å². The standard InChI is InChI=1S/C26H29ClF3N5O5/c1-32(2)11-12-34-23(36)21-22(33(3)25(34)37)31-24(35(21)16-17-7-9-18(27)10-8-17)39-14-13-38-19-5-4-6-20(15-19)40-26(28,29)30/h4-10,15,25,37H,11-14,16H2,1-3H3. The first-order valence-corrected chi connectivity index (χ1v) is 12.6. The van der Waals surface area contributed by atoms with Gasteiger partial charge in [-0.1, -0.05) is 29.8 Å². The summed E-state index contributed by atoms with van der Waals surface area (Å²) in [5.41, 5.74) is 1.07. The van der Waals surface area contributed by atoms with Crippen molar-refractivity contribution in [2.24, 2.45) is 0 Å². The van der Waals surface area contributed by atoms with E-state index in [1.165, 1.54) is 28.0 Å². The van der Waals surface area contributed by atoms with Gasteiger partial charge in [0.2, 0.25) is 6.35 Å². The first kappa shape index (κ1) is 29.3. The molecule has 4 rings (SSSR count). The van der Waals surface area contributed by atoms with Crippen LogP contribution in [-0.2, 0) is 6.54 Å². The van der Waals surface area contributed by atoms with Crippen LogP contribution in [0, 0.1) is 0 Å². The van der Waals surface area contributed by atoms with Crippen molar-refractivity contribution in [2.45, 2.75) is 19.3 Å². The Hall–Kier alpha value is -3.68. The van der Waals surface area contributed by atoms with Crippen LogP contribution in [0.1, 0.15) is 16.1 Å². The topological polar surface area (TPSA) is 92.5 Å². The number of imidazole rings is 1. The van der Waals surface area contributed by atoms with Gasteiger partial charge in [-0.3, -0.25) is 14.3 Å². The van der Waals surface area contributed by atoms with Gasteiger partial charge in [0.05, 0.1) is 6.54 Å². The molecule has 0 saturated carbocycles. The predicted molar refractivity (Wildman–Crippen MR) is 141 cm³/mol. The Labute approximate surface area is 234 Å². The minimum atomic E-state index is -4.82. The molecule has 1 aliphatic rings. The molecule has 40 heavy (non-hydrogen) atoms. The van der Waals surface area contributed by atoms with Crippen LogP contribution in [0.25, 0.3) is 0 Å². The summed E-state index contributed by atoms with van der Waals surface area (Å²) in [6.07, 6.45) is -6.04. The lowest BCUT2D eigenvalue weighted by Gasteiger charge is -2.38. The maximum absolute atomic E-state index is 13.6. The highest BCUT2D eigenvalue weighted by Gasteiger charge is 2.40. The fraction of sp³-hybridized carbons (Fsp3) is 0.385. The molecule has 1 atom stereocenters. The maximum atomic E-state index is 13.6. The lowest BCUT2D eigenvalue weighted by molar-refractivity contribution is -0.274. The summed E-state index contributed by atoms with van der Waals surface area (Å²) < 4.78 is 54.5. The predicted octanol–water partition coefficient (Wildman–Crippen LogP) is 3.67. The number of anilines is 1. The first-order valence-electron chi connectivity index (χ1n) is 12.3. The summed E-state index contributed by atoms with van der Waals surface area (Å²) in [5.74, 6) is -0.406. The number of hydrogen-bond donors (Lipinski definition) is 1. The van der Waals surface area contributed by atoms with Gasteiger partial charge < -0.3 is 29.1 Å². The van der Waals surface area contributed by atoms with E-state index in [4.69, 9.17) is 21.1 Å². The second kappa shape index (κ2) is 12.2. The fourth-order valence-electron chi connectivity index (χ4n) is 4.04. The molecule has 0 bridgehead atoms. The molecule has 0 saturated heterocycles. The summed E-state index contributed by atoms with van der Waals surface area (Å²) in [5, 5.41) is 11.4. The number of benzene rings is 2. The van der Waals surface area contributed by atoms with E-state index in [1.807, 2.05) is 31.1 Å². The van der Waals surface area contributed by atoms with Gasteiger partial charge in [-0.05, 0) is 43.9 Å². The van der Waals surface area contributed by atoms with E-state index < -0.39 is 24.4 Å². The summed E-state index contributed by atoms with van der Waals surface area (Å²) in [6.45, 7) is 0.974. The van der Waals surface area contributed by atoms with Crippen molar-refractivity contribution in [3.63, 3.8) is 0 Å². The summed E-state index contributed by atoms with van der Waals surface area (Å²) in [4.78, 5) is 22.8. The molecule has 14 heteroatoms. The Morgan fingerprint density at radius 2 is 1.75 bits per heavy atom. The maximum Gasteiger partial charge on any atom is 0.573 e. The van der Waals surface area contributed by atoms with Gasteiger partial charge in [0.1, 0.15) is 24.7 Å². The van der Waals surface area contributed by atoms with E-state index in [2.05, 4.69) is 9.72 Å². The number of rotatable bonds is 11. The Balaban J connectivity index is 1.55. The molecule has 216 valence electrons. The number of aliphatic hydroxyl groups excluding tert-OH is 1. The SMILES string of the molecule is CN(C)CCN1C(=O)c2c(nc(OCCOc3cccc(OC(F)(F)F)c3)n2Cc2ccc(Cl)cc2)N(C)C1O. The van der Waals surface area contributed by atoms with Crippen molar-refractivity contribution in [3.8, 4) is 17.5 Å². The number of carbonyl (C=O) groups is 1. The van der Waals surface area contributed by atoms with Crippen LogP contribution < -0.4 is 19.1 Å². The highest BCUT2D eigenvalue weighted by Crippen LogP contribution is 2.33. The summed E-state index contributed by atoms with van der Waals surface area (Å²) in [6, 6.07) is 12.3. The third kappa shape index (κ3) is 7.09. The van der Waals surface area contributed by atoms with Crippen LogP contribution in [0.2, 0.25) is 5.02 Å². The molecule has 2 heterocycles. The number of ether oxygens (including phenoxy) is 3. The van der Waals surface area contributed by atoms with Gasteiger partial charge in [0.15, 0.2) is 11.5 Å². The van der Waals surface area contributed by atoms with E-state index in [-0.39, 0.29) is 49.6 Å². The van der Waals surface area contributed by atoms with Crippen molar-refractivity contribution in [2.75, 3.05) is 52.3 Å². The highest BCUT2D eigenvalue weighted by molar-refractivity contribution is 6.30. The number of halogens is 4. The first-order chi connectivity index (χ1) is 18.9. The van der Waals surface area contributed by atoms with Crippen LogP contribution in [0.15, 0.2) is 48.5 Å². The van der Waals surface area contributed by atoms with Crippen LogP contribution in [-0.4, -0.2) is 90.5 Å². The number of hydrogen-bond acceptors (Lipinski definition) is 8. The smallest absolute Gasteiger partial charge is 0.490 e. The molecule has 0 radical (unpaired) electrons. The molecule has 10 nitrogen and oxygen atoms in total. The van der Waals surface area contributed by atoms with Gasteiger partial charge in [-0.2, -0.15) is 4.98 Å². The Bertz CT molecular complexity index is 1320. The number of carbonyl (C=O) groups excluding carboxylic acids is 1. The van der Waals surface area contributed by atoms with Gasteiger partial charge >= 0.3 is 6.36 Å². The van der Waals surface area contributed by atoms with Crippen LogP contribution in [0.3, 0.4) is 0 Å². The molecule has 3 aromatic rings. The van der Waals surface area contributed by atoms with E-state index >= 15 is 0 Å². The summed E-state index contributed by atoms with van der Waals surface area (Å²) in [7, 11) is 5.36. The molecule has 1 amide bonds. The lowest BCUT2D eigenvalue weighted by Crippen LogP contribution is -2.55. The number of aromatic nitrogens is 2. The number of likely N-dealkylation sites (N-methyl/N-ethyl adjacent to an activating group) is 1. The minimum Gasteiger partial charge on any atom is -0.490 e. The quantitative estimate of drug-likeness (QED) is 0.342. The third-order valence-electron chi connectivity index (χ3n) is 6.00. The van der Waals surface area contributed by atoms with Crippen molar-refractivity contribution in [1.82, 2.24) is 19.4 Å². The molecular weight excluding hydrogens is 555 g/mol. The van der Waals surface area contributed by atoms with Crippen molar-refractivity contribution >= 4 is 23.3 Å². The van der Waals surface area contributed by atoms with E-state index in [0.29, 0.717) is 11.6 Å². The number of nitrogens with zero attached hydrogens (tertiary/aromatic N) is 5. The zero-order valence-electron chi connectivity index (χ0n) is 22.1. The number of amides is 1. The van der Waals surface area contributed by atoms with Crippen LogP contribution in [0.5, 0.6) is 17.5 Å². The second-order valence-electron chi connectivity index (χ2n) is 9.26. The average Bonchev–Trinajstić information content (AvgIpc) is 3.24. The van der Waals surface area contributed by atoms with Gasteiger partial charge in [-0.15, -0.1) is 13.2 Å². The van der Waals surface area contributed by atoms with Crippen molar-refractivity contribution in [3.05, 3.63) is 64.8 Å². The van der Waals surface area contributed by atoms with E-state index in [0.717, 1.165) is 11.6 Å². The molecule has 0 spiro atoms. The largest absolute Gasteiger partial charge is 0.573 e. The zero-order chi connectivity index (χ0) is 29.0. The fourth-order valence-corrected chi connectivity index (χ4v) is 4.17. The molecule has 0 fully saturated rings. The molecular formula is C26H29ClF3N5O5. The summed E-state index contributed by atoms with van der Waals surface area (Å²) >= 11 is 6.03. The molecule has 0 aliphatic carbocycles. The lowest BCUT2D eigenvalue weighted by atomic mass is 10.2. The molecule has 1 unspecified atom stereocenters. The number of alkyl halides is 3. The second-order valence-corrected chi connectivity index (χ2v) is 9.69. The molecule has 1 aliphatic heterocycles. The number of aliphatic hydroxyl groups is 1. The zero-order valence-corrected chi connectivity index (χ0v) is 22.8. The van der Waals surface area contributed by atoms with E-state index in [9.17, 15) is 23.1 Å². The minimum absolute atomic E-state index is 0.0324. The molecule has 1 N–H and O–H groups in total. The Morgan fingerprint density at radius 3 is 2.42 bits per heavy atom. The number of fused-ring (bicyclic) bond motifs is 1. The average molecular weight is 584 g/mol. The van der Waals surface area contributed by atoms with Gasteiger partial charge in [-0.25, -0.2) is 0 Å². The Morgan fingerprint density at radius 1 is 1.07 bits per heavy atom. The molecule has 2 aromatic carbocycles. The van der Waals surface area contributed by atoms with E-state index in [1.54, 1.807) is 23.7 Å². The van der Waals surface area contributed by atoms with Gasteiger partial charge in [0.25, 0.3) is 11.9 Å². The third-order valence-corrected chi connectivity index (χ3v) is 6.25. The highest BCUT2D eigenvalue weighted by atomic mass is 35.5. The van der Waals surface area contributed by atoms with Crippen LogP contribution in [0.4, 0.5) is 19.0 Å². The van der Waals surface area contributed by atoms with Crippen molar-refractivity contribution < 1.29 is 37.3 Å². The van der Waals surface area contributed by atoms with Crippen molar-refractivity contribution in [1.29, 1.82) is 0 Å². The van der Waals surface area contributed by atoms with Gasteiger partial charge in [0, 0.05) is 31.2 Å². The Kier molecular flexibility index (Phi) is 8.96. The molecule has 1 aromatic heterocycles. The monoisotopic (exact) mass is 583 g/mol. The normalized spacial score (nSPS) is 15.4.